The summed E-state index contributed by atoms with van der Waals surface area (Å²) in [7, 11) is 1.93. The van der Waals surface area contributed by atoms with Crippen molar-refractivity contribution in [2.75, 3.05) is 11.9 Å². The van der Waals surface area contributed by atoms with E-state index in [-0.39, 0.29) is 5.82 Å². The Morgan fingerprint density at radius 1 is 1.44 bits per heavy atom. The highest BCUT2D eigenvalue weighted by Crippen LogP contribution is 2.30. The van der Waals surface area contributed by atoms with Crippen LogP contribution in [-0.4, -0.2) is 18.2 Å². The van der Waals surface area contributed by atoms with Gasteiger partial charge in [-0.25, -0.2) is 4.39 Å². The molecule has 1 saturated carbocycles. The number of hydrogen-bond acceptors (Lipinski definition) is 2. The molecule has 1 fully saturated rings. The van der Waals surface area contributed by atoms with Crippen LogP contribution in [-0.2, 0) is 0 Å². The second kappa shape index (κ2) is 4.42. The lowest BCUT2D eigenvalue weighted by molar-refractivity contribution is 0.199. The molecule has 16 heavy (non-hydrogen) atoms. The SMILES string of the molecule is C[C@H](O)c1ccc(N(C)C2CCC2)c(F)c1. The van der Waals surface area contributed by atoms with E-state index >= 15 is 0 Å². The van der Waals surface area contributed by atoms with E-state index < -0.39 is 6.10 Å². The average molecular weight is 223 g/mol. The summed E-state index contributed by atoms with van der Waals surface area (Å²) in [4.78, 5) is 2.00. The highest BCUT2D eigenvalue weighted by Gasteiger charge is 2.24. The molecule has 0 aromatic heterocycles. The van der Waals surface area contributed by atoms with Crippen LogP contribution >= 0.6 is 0 Å². The number of hydrogen-bond donors (Lipinski definition) is 1. The third kappa shape index (κ3) is 2.05. The predicted molar refractivity (Wildman–Crippen MR) is 63.1 cm³/mol. The Hall–Kier alpha value is -1.09. The van der Waals surface area contributed by atoms with Gasteiger partial charge in [-0.3, -0.25) is 0 Å². The molecular formula is C13H18FNO. The van der Waals surface area contributed by atoms with Crippen molar-refractivity contribution in [3.63, 3.8) is 0 Å². The van der Waals surface area contributed by atoms with Gasteiger partial charge in [0.25, 0.3) is 0 Å². The lowest BCUT2D eigenvalue weighted by atomic mass is 9.91. The number of aliphatic hydroxyl groups excluding tert-OH is 1. The Kier molecular flexibility index (Phi) is 3.15. The average Bonchev–Trinajstić information content (AvgIpc) is 2.14. The number of benzene rings is 1. The van der Waals surface area contributed by atoms with E-state index in [1.807, 2.05) is 11.9 Å². The Bertz CT molecular complexity index is 374. The van der Waals surface area contributed by atoms with Gasteiger partial charge >= 0.3 is 0 Å². The van der Waals surface area contributed by atoms with Crippen LogP contribution in [0.3, 0.4) is 0 Å². The monoisotopic (exact) mass is 223 g/mol. The minimum atomic E-state index is -0.613. The van der Waals surface area contributed by atoms with Crippen LogP contribution in [0.25, 0.3) is 0 Å². The number of nitrogens with zero attached hydrogens (tertiary/aromatic N) is 1. The molecule has 1 N–H and O–H groups in total. The Balaban J connectivity index is 2.21. The lowest BCUT2D eigenvalue weighted by Gasteiger charge is -2.36. The molecule has 2 rings (SSSR count). The summed E-state index contributed by atoms with van der Waals surface area (Å²) in [5.74, 6) is -0.243. The number of aliphatic hydroxyl groups is 1. The van der Waals surface area contributed by atoms with Gasteiger partial charge in [-0.2, -0.15) is 0 Å². The van der Waals surface area contributed by atoms with E-state index in [9.17, 15) is 9.50 Å². The van der Waals surface area contributed by atoms with E-state index in [4.69, 9.17) is 0 Å². The molecule has 0 radical (unpaired) electrons. The lowest BCUT2D eigenvalue weighted by Crippen LogP contribution is -2.37. The third-order valence-electron chi connectivity index (χ3n) is 3.46. The van der Waals surface area contributed by atoms with E-state index in [1.165, 1.54) is 12.5 Å². The van der Waals surface area contributed by atoms with Crippen molar-refractivity contribution in [1.82, 2.24) is 0 Å². The van der Waals surface area contributed by atoms with Crippen molar-refractivity contribution in [1.29, 1.82) is 0 Å². The van der Waals surface area contributed by atoms with Crippen molar-refractivity contribution in [3.05, 3.63) is 29.6 Å². The van der Waals surface area contributed by atoms with Gasteiger partial charge in [0.2, 0.25) is 0 Å². The number of rotatable bonds is 3. The van der Waals surface area contributed by atoms with Gasteiger partial charge in [-0.15, -0.1) is 0 Å². The van der Waals surface area contributed by atoms with E-state index in [2.05, 4.69) is 0 Å². The molecular weight excluding hydrogens is 205 g/mol. The van der Waals surface area contributed by atoms with Gasteiger partial charge in [0, 0.05) is 13.1 Å². The topological polar surface area (TPSA) is 23.5 Å². The second-order valence-corrected chi connectivity index (χ2v) is 4.58. The molecule has 88 valence electrons. The van der Waals surface area contributed by atoms with Crippen molar-refractivity contribution < 1.29 is 9.50 Å². The van der Waals surface area contributed by atoms with Crippen molar-refractivity contribution in [2.24, 2.45) is 0 Å². The first-order chi connectivity index (χ1) is 7.59. The molecule has 0 saturated heterocycles. The smallest absolute Gasteiger partial charge is 0.146 e. The van der Waals surface area contributed by atoms with Crippen LogP contribution in [0, 0.1) is 5.82 Å². The fourth-order valence-electron chi connectivity index (χ4n) is 2.04. The summed E-state index contributed by atoms with van der Waals surface area (Å²) in [5, 5.41) is 9.36. The minimum absolute atomic E-state index is 0.243. The molecule has 1 atom stereocenters. The fourth-order valence-corrected chi connectivity index (χ4v) is 2.04. The molecule has 0 aliphatic heterocycles. The zero-order chi connectivity index (χ0) is 11.7. The van der Waals surface area contributed by atoms with E-state index in [1.54, 1.807) is 19.1 Å². The molecule has 0 spiro atoms. The molecule has 0 amide bonds. The van der Waals surface area contributed by atoms with Crippen LogP contribution in [0.15, 0.2) is 18.2 Å². The standard InChI is InChI=1S/C13H18FNO/c1-9(16)10-6-7-13(12(14)8-10)15(2)11-4-3-5-11/h6-9,11,16H,3-5H2,1-2H3/t9-/m0/s1. The third-order valence-corrected chi connectivity index (χ3v) is 3.46. The van der Waals surface area contributed by atoms with Gasteiger partial charge in [-0.1, -0.05) is 6.07 Å². The first-order valence-corrected chi connectivity index (χ1v) is 5.80. The van der Waals surface area contributed by atoms with Crippen LogP contribution in [0.1, 0.15) is 37.9 Å². The maximum absolute atomic E-state index is 13.8. The molecule has 0 bridgehead atoms. The first kappa shape index (κ1) is 11.4. The Morgan fingerprint density at radius 2 is 2.12 bits per heavy atom. The zero-order valence-corrected chi connectivity index (χ0v) is 9.78. The van der Waals surface area contributed by atoms with E-state index in [0.29, 0.717) is 17.3 Å². The molecule has 1 aliphatic rings. The minimum Gasteiger partial charge on any atom is -0.389 e. The molecule has 3 heteroatoms. The maximum Gasteiger partial charge on any atom is 0.146 e. The van der Waals surface area contributed by atoms with Gasteiger partial charge in [0.05, 0.1) is 11.8 Å². The van der Waals surface area contributed by atoms with Crippen LogP contribution in [0.5, 0.6) is 0 Å². The quantitative estimate of drug-likeness (QED) is 0.851. The van der Waals surface area contributed by atoms with Crippen LogP contribution in [0.2, 0.25) is 0 Å². The number of halogens is 1. The second-order valence-electron chi connectivity index (χ2n) is 4.58. The van der Waals surface area contributed by atoms with E-state index in [0.717, 1.165) is 12.8 Å². The zero-order valence-electron chi connectivity index (χ0n) is 9.78. The van der Waals surface area contributed by atoms with Gasteiger partial charge in [0.15, 0.2) is 0 Å². The Morgan fingerprint density at radius 3 is 2.56 bits per heavy atom. The van der Waals surface area contributed by atoms with Crippen molar-refractivity contribution >= 4 is 5.69 Å². The van der Waals surface area contributed by atoms with Crippen LogP contribution in [0.4, 0.5) is 10.1 Å². The summed E-state index contributed by atoms with van der Waals surface area (Å²) in [6.45, 7) is 1.64. The van der Waals surface area contributed by atoms with Gasteiger partial charge in [-0.05, 0) is 43.9 Å². The first-order valence-electron chi connectivity index (χ1n) is 5.80. The van der Waals surface area contributed by atoms with Crippen molar-refractivity contribution in [3.8, 4) is 0 Å². The fraction of sp³-hybridized carbons (Fsp3) is 0.538. The Labute approximate surface area is 95.7 Å². The highest BCUT2D eigenvalue weighted by atomic mass is 19.1. The summed E-state index contributed by atoms with van der Waals surface area (Å²) in [6.07, 6.45) is 2.92. The van der Waals surface area contributed by atoms with Gasteiger partial charge in [0.1, 0.15) is 5.82 Å². The van der Waals surface area contributed by atoms with Crippen LogP contribution < -0.4 is 4.90 Å². The highest BCUT2D eigenvalue weighted by molar-refractivity contribution is 5.50. The number of anilines is 1. The maximum atomic E-state index is 13.8. The summed E-state index contributed by atoms with van der Waals surface area (Å²) >= 11 is 0. The van der Waals surface area contributed by atoms with Gasteiger partial charge < -0.3 is 10.0 Å². The largest absolute Gasteiger partial charge is 0.389 e. The molecule has 0 unspecified atom stereocenters. The molecule has 0 heterocycles. The predicted octanol–water partition coefficient (Wildman–Crippen LogP) is 2.87. The summed E-state index contributed by atoms with van der Waals surface area (Å²) in [6, 6.07) is 5.45. The molecule has 1 aromatic carbocycles. The molecule has 1 aromatic rings. The summed E-state index contributed by atoms with van der Waals surface area (Å²) < 4.78 is 13.8. The normalized spacial score (nSPS) is 18.0. The summed E-state index contributed by atoms with van der Waals surface area (Å²) in [5.41, 5.74) is 1.26. The molecule has 2 nitrogen and oxygen atoms in total. The molecule has 1 aliphatic carbocycles. The van der Waals surface area contributed by atoms with Crippen molar-refractivity contribution in [2.45, 2.75) is 38.3 Å².